The molecule has 0 fully saturated rings. The number of rotatable bonds is 4. The van der Waals surface area contributed by atoms with Gasteiger partial charge in [0.25, 0.3) is 0 Å². The maximum atomic E-state index is 6.09. The fourth-order valence-corrected chi connectivity index (χ4v) is 2.81. The first-order valence-electron chi connectivity index (χ1n) is 5.45. The third-order valence-electron chi connectivity index (χ3n) is 2.47. The molecule has 0 bridgehead atoms. The minimum absolute atomic E-state index is 0.448. The van der Waals surface area contributed by atoms with Gasteiger partial charge in [0.15, 0.2) is 0 Å². The second-order valence-electron chi connectivity index (χ2n) is 3.75. The number of alkyl halides is 1. The zero-order valence-corrected chi connectivity index (χ0v) is 12.2. The monoisotopic (exact) mass is 298 g/mol. The highest BCUT2D eigenvalue weighted by molar-refractivity contribution is 7.98. The van der Waals surface area contributed by atoms with E-state index in [4.69, 9.17) is 23.2 Å². The molecule has 0 aliphatic rings. The van der Waals surface area contributed by atoms with Gasteiger partial charge >= 0.3 is 0 Å². The van der Waals surface area contributed by atoms with Crippen LogP contribution in [0.1, 0.15) is 17.1 Å². The second kappa shape index (κ2) is 6.41. The lowest BCUT2D eigenvalue weighted by Crippen LogP contribution is -1.98. The summed E-state index contributed by atoms with van der Waals surface area (Å²) in [5, 5.41) is 0.761. The zero-order valence-electron chi connectivity index (χ0n) is 9.86. The van der Waals surface area contributed by atoms with Crippen LogP contribution < -0.4 is 0 Å². The van der Waals surface area contributed by atoms with Gasteiger partial charge in [-0.25, -0.2) is 9.97 Å². The van der Waals surface area contributed by atoms with Gasteiger partial charge in [-0.2, -0.15) is 0 Å². The lowest BCUT2D eigenvalue weighted by molar-refractivity contribution is 0.967. The molecule has 1 aromatic carbocycles. The van der Waals surface area contributed by atoms with E-state index >= 15 is 0 Å². The van der Waals surface area contributed by atoms with Crippen LogP contribution in [0.2, 0.25) is 5.02 Å². The molecule has 18 heavy (non-hydrogen) atoms. The van der Waals surface area contributed by atoms with Gasteiger partial charge in [0, 0.05) is 22.3 Å². The Hall–Kier alpha value is -0.770. The van der Waals surface area contributed by atoms with E-state index in [-0.39, 0.29) is 0 Å². The Kier molecular flexibility index (Phi) is 4.87. The topological polar surface area (TPSA) is 25.8 Å². The summed E-state index contributed by atoms with van der Waals surface area (Å²) in [5.41, 5.74) is 1.91. The number of halogens is 2. The third kappa shape index (κ3) is 3.37. The zero-order chi connectivity index (χ0) is 13.0. The summed E-state index contributed by atoms with van der Waals surface area (Å²) in [5.74, 6) is 1.95. The molecule has 0 saturated carbocycles. The molecular formula is C13H12Cl2N2S. The van der Waals surface area contributed by atoms with Gasteiger partial charge in [-0.1, -0.05) is 23.7 Å². The average Bonchev–Trinajstić information content (AvgIpc) is 2.38. The van der Waals surface area contributed by atoms with Crippen molar-refractivity contribution in [1.82, 2.24) is 9.97 Å². The van der Waals surface area contributed by atoms with Gasteiger partial charge < -0.3 is 0 Å². The molecule has 0 amide bonds. The SMILES string of the molecule is Cc1nc(CSc2ccccc2Cl)ncc1CCl. The molecule has 0 spiro atoms. The van der Waals surface area contributed by atoms with E-state index in [2.05, 4.69) is 9.97 Å². The number of hydrogen-bond donors (Lipinski definition) is 0. The van der Waals surface area contributed by atoms with Crippen LogP contribution in [-0.2, 0) is 11.6 Å². The van der Waals surface area contributed by atoms with Crippen LogP contribution in [0.15, 0.2) is 35.4 Å². The van der Waals surface area contributed by atoms with E-state index in [0.717, 1.165) is 27.0 Å². The van der Waals surface area contributed by atoms with E-state index in [1.54, 1.807) is 18.0 Å². The number of thioether (sulfide) groups is 1. The Labute approximate surface area is 121 Å². The van der Waals surface area contributed by atoms with Crippen LogP contribution in [0.3, 0.4) is 0 Å². The summed E-state index contributed by atoms with van der Waals surface area (Å²) < 4.78 is 0. The maximum absolute atomic E-state index is 6.09. The molecule has 0 atom stereocenters. The summed E-state index contributed by atoms with van der Waals surface area (Å²) in [4.78, 5) is 9.77. The number of aromatic nitrogens is 2. The second-order valence-corrected chi connectivity index (χ2v) is 5.44. The Balaban J connectivity index is 2.07. The average molecular weight is 299 g/mol. The molecule has 94 valence electrons. The minimum Gasteiger partial charge on any atom is -0.240 e. The normalized spacial score (nSPS) is 10.6. The Morgan fingerprint density at radius 1 is 1.28 bits per heavy atom. The Bertz CT molecular complexity index is 546. The fraction of sp³-hybridized carbons (Fsp3) is 0.231. The van der Waals surface area contributed by atoms with Crippen LogP contribution >= 0.6 is 35.0 Å². The molecule has 5 heteroatoms. The van der Waals surface area contributed by atoms with Gasteiger partial charge in [-0.3, -0.25) is 0 Å². The van der Waals surface area contributed by atoms with E-state index in [1.807, 2.05) is 31.2 Å². The van der Waals surface area contributed by atoms with Crippen molar-refractivity contribution in [2.45, 2.75) is 23.5 Å². The molecule has 2 aromatic rings. The molecule has 0 radical (unpaired) electrons. The lowest BCUT2D eigenvalue weighted by Gasteiger charge is -2.05. The molecule has 0 saturated heterocycles. The fourth-order valence-electron chi connectivity index (χ4n) is 1.44. The van der Waals surface area contributed by atoms with Crippen molar-refractivity contribution >= 4 is 35.0 Å². The van der Waals surface area contributed by atoms with Crippen LogP contribution in [0.5, 0.6) is 0 Å². The maximum Gasteiger partial charge on any atom is 0.138 e. The van der Waals surface area contributed by atoms with Gasteiger partial charge in [-0.15, -0.1) is 23.4 Å². The van der Waals surface area contributed by atoms with E-state index in [9.17, 15) is 0 Å². The number of hydrogen-bond acceptors (Lipinski definition) is 3. The van der Waals surface area contributed by atoms with Crippen molar-refractivity contribution in [3.8, 4) is 0 Å². The molecular weight excluding hydrogens is 287 g/mol. The molecule has 0 N–H and O–H groups in total. The first-order valence-corrected chi connectivity index (χ1v) is 7.35. The summed E-state index contributed by atoms with van der Waals surface area (Å²) >= 11 is 13.5. The molecule has 2 nitrogen and oxygen atoms in total. The molecule has 2 rings (SSSR count). The highest BCUT2D eigenvalue weighted by atomic mass is 35.5. The summed E-state index contributed by atoms with van der Waals surface area (Å²) in [6.45, 7) is 1.95. The number of nitrogens with zero attached hydrogens (tertiary/aromatic N) is 2. The molecule has 0 aliphatic heterocycles. The highest BCUT2D eigenvalue weighted by Gasteiger charge is 2.05. The summed E-state index contributed by atoms with van der Waals surface area (Å²) in [6, 6.07) is 7.76. The van der Waals surface area contributed by atoms with Crippen LogP contribution in [0.25, 0.3) is 0 Å². The first-order chi connectivity index (χ1) is 8.70. The van der Waals surface area contributed by atoms with Crippen molar-refractivity contribution < 1.29 is 0 Å². The van der Waals surface area contributed by atoms with Crippen molar-refractivity contribution in [2.75, 3.05) is 0 Å². The van der Waals surface area contributed by atoms with Gasteiger partial charge in [0.2, 0.25) is 0 Å². The van der Waals surface area contributed by atoms with E-state index in [1.165, 1.54) is 0 Å². The molecule has 1 aromatic heterocycles. The van der Waals surface area contributed by atoms with Crippen LogP contribution in [0.4, 0.5) is 0 Å². The molecule has 0 unspecified atom stereocenters. The third-order valence-corrected chi connectivity index (χ3v) is 4.27. The van der Waals surface area contributed by atoms with Crippen molar-refractivity contribution in [1.29, 1.82) is 0 Å². The van der Waals surface area contributed by atoms with E-state index in [0.29, 0.717) is 11.6 Å². The largest absolute Gasteiger partial charge is 0.240 e. The summed E-state index contributed by atoms with van der Waals surface area (Å²) in [7, 11) is 0. The van der Waals surface area contributed by atoms with Crippen LogP contribution in [0, 0.1) is 6.92 Å². The predicted octanol–water partition coefficient (Wildman–Crippen LogP) is 4.47. The highest BCUT2D eigenvalue weighted by Crippen LogP contribution is 2.28. The van der Waals surface area contributed by atoms with E-state index < -0.39 is 0 Å². The molecule has 1 heterocycles. The Morgan fingerprint density at radius 2 is 2.06 bits per heavy atom. The van der Waals surface area contributed by atoms with Gasteiger partial charge in [0.05, 0.1) is 16.7 Å². The lowest BCUT2D eigenvalue weighted by atomic mass is 10.3. The Morgan fingerprint density at radius 3 is 2.72 bits per heavy atom. The van der Waals surface area contributed by atoms with Gasteiger partial charge in [0.1, 0.15) is 5.82 Å². The standard InChI is InChI=1S/C13H12Cl2N2S/c1-9-10(6-14)7-16-13(17-9)8-18-12-5-3-2-4-11(12)15/h2-5,7H,6,8H2,1H3. The first kappa shape index (κ1) is 13.7. The quantitative estimate of drug-likeness (QED) is 0.615. The number of benzene rings is 1. The van der Waals surface area contributed by atoms with Crippen molar-refractivity contribution in [3.05, 3.63) is 52.6 Å². The predicted molar refractivity (Wildman–Crippen MR) is 77.3 cm³/mol. The van der Waals surface area contributed by atoms with Crippen molar-refractivity contribution in [2.24, 2.45) is 0 Å². The molecule has 0 aliphatic carbocycles. The number of aryl methyl sites for hydroxylation is 1. The van der Waals surface area contributed by atoms with Crippen LogP contribution in [-0.4, -0.2) is 9.97 Å². The van der Waals surface area contributed by atoms with Gasteiger partial charge in [-0.05, 0) is 19.1 Å². The summed E-state index contributed by atoms with van der Waals surface area (Å²) in [6.07, 6.45) is 1.79. The minimum atomic E-state index is 0.448. The van der Waals surface area contributed by atoms with Crippen molar-refractivity contribution in [3.63, 3.8) is 0 Å². The smallest absolute Gasteiger partial charge is 0.138 e.